The van der Waals surface area contributed by atoms with Gasteiger partial charge in [-0.15, -0.1) is 0 Å². The molecular formula is C35H39F3N4O3. The zero-order chi connectivity index (χ0) is 32.1. The number of nitrogens with one attached hydrogen (secondary N) is 2. The highest BCUT2D eigenvalue weighted by Gasteiger charge is 2.36. The van der Waals surface area contributed by atoms with E-state index in [1.165, 1.54) is 6.07 Å². The molecule has 1 aromatic heterocycles. The molecule has 0 spiro atoms. The average Bonchev–Trinajstić information content (AvgIpc) is 3.04. The fraction of sp³-hybridized carbons (Fsp3) is 0.371. The molecule has 1 saturated heterocycles. The molecule has 0 radical (unpaired) electrons. The van der Waals surface area contributed by atoms with Gasteiger partial charge in [-0.1, -0.05) is 31.2 Å². The minimum atomic E-state index is -4.55. The largest absolute Gasteiger partial charge is 0.493 e. The van der Waals surface area contributed by atoms with Crippen molar-refractivity contribution in [1.29, 1.82) is 0 Å². The van der Waals surface area contributed by atoms with Crippen LogP contribution in [-0.2, 0) is 17.4 Å². The van der Waals surface area contributed by atoms with Gasteiger partial charge in [0.2, 0.25) is 5.91 Å². The van der Waals surface area contributed by atoms with Crippen LogP contribution in [0.3, 0.4) is 0 Å². The number of ether oxygens (including phenoxy) is 2. The summed E-state index contributed by atoms with van der Waals surface area (Å²) < 4.78 is 53.3. The second-order valence-corrected chi connectivity index (χ2v) is 11.3. The van der Waals surface area contributed by atoms with Crippen LogP contribution in [0.1, 0.15) is 54.4 Å². The lowest BCUT2D eigenvalue weighted by Gasteiger charge is -2.35. The highest BCUT2D eigenvalue weighted by molar-refractivity contribution is 5.93. The highest BCUT2D eigenvalue weighted by Crippen LogP contribution is 2.40. The van der Waals surface area contributed by atoms with E-state index in [2.05, 4.69) is 22.5 Å². The minimum absolute atomic E-state index is 0.0108. The van der Waals surface area contributed by atoms with Crippen molar-refractivity contribution in [1.82, 2.24) is 10.3 Å². The van der Waals surface area contributed by atoms with Crippen molar-refractivity contribution in [2.24, 2.45) is 0 Å². The van der Waals surface area contributed by atoms with E-state index >= 15 is 0 Å². The molecule has 1 aliphatic rings. The lowest BCUT2D eigenvalue weighted by Crippen LogP contribution is -2.41. The van der Waals surface area contributed by atoms with Crippen LogP contribution in [-0.4, -0.2) is 51.3 Å². The summed E-state index contributed by atoms with van der Waals surface area (Å²) in [6, 6.07) is 17.9. The number of rotatable bonds is 10. The van der Waals surface area contributed by atoms with Crippen molar-refractivity contribution in [3.05, 3.63) is 89.1 Å². The number of hydrogen-bond donors (Lipinski definition) is 2. The van der Waals surface area contributed by atoms with E-state index in [-0.39, 0.29) is 29.6 Å². The van der Waals surface area contributed by atoms with Crippen LogP contribution in [0.25, 0.3) is 10.9 Å². The number of methoxy groups -OCH3 is 2. The van der Waals surface area contributed by atoms with Gasteiger partial charge in [0.25, 0.3) is 0 Å². The molecule has 238 valence electrons. The number of piperidine rings is 1. The molecule has 4 aromatic rings. The fourth-order valence-corrected chi connectivity index (χ4v) is 6.27. The SMILES string of the molecule is CCC(c1cccc(CC(=O)Nc2ccc(N3CCC(NC)CC3)c(C(F)(F)F)c2)c1)c1ccnc2cc(OC)c(OC)cc12. The van der Waals surface area contributed by atoms with Crippen molar-refractivity contribution in [2.45, 2.75) is 50.7 Å². The number of anilines is 2. The summed E-state index contributed by atoms with van der Waals surface area (Å²) in [6.07, 6.45) is -0.426. The van der Waals surface area contributed by atoms with E-state index in [1.54, 1.807) is 31.4 Å². The number of fused-ring (bicyclic) bond motifs is 1. The van der Waals surface area contributed by atoms with Crippen LogP contribution in [0.5, 0.6) is 11.5 Å². The number of hydrogen-bond acceptors (Lipinski definition) is 6. The quantitative estimate of drug-likeness (QED) is 0.196. The van der Waals surface area contributed by atoms with Gasteiger partial charge in [0.1, 0.15) is 0 Å². The maximum Gasteiger partial charge on any atom is 0.418 e. The van der Waals surface area contributed by atoms with Crippen molar-refractivity contribution in [3.63, 3.8) is 0 Å². The molecule has 2 heterocycles. The maximum absolute atomic E-state index is 14.1. The van der Waals surface area contributed by atoms with Crippen molar-refractivity contribution >= 4 is 28.2 Å². The molecule has 45 heavy (non-hydrogen) atoms. The third-order valence-corrected chi connectivity index (χ3v) is 8.61. The van der Waals surface area contributed by atoms with Crippen molar-refractivity contribution < 1.29 is 27.4 Å². The first kappa shape index (κ1) is 32.1. The monoisotopic (exact) mass is 620 g/mol. The Labute approximate surface area is 261 Å². The van der Waals surface area contributed by atoms with Gasteiger partial charge in [-0.05, 0) is 73.3 Å². The molecule has 1 amide bonds. The van der Waals surface area contributed by atoms with Crippen LogP contribution in [0.15, 0.2) is 66.9 Å². The van der Waals surface area contributed by atoms with Gasteiger partial charge in [0.05, 0.1) is 31.7 Å². The maximum atomic E-state index is 14.1. The zero-order valence-corrected chi connectivity index (χ0v) is 26.0. The van der Waals surface area contributed by atoms with E-state index < -0.39 is 11.7 Å². The van der Waals surface area contributed by atoms with E-state index in [1.807, 2.05) is 49.5 Å². The number of halogens is 3. The summed E-state index contributed by atoms with van der Waals surface area (Å²) in [5.74, 6) is 0.834. The Hall–Kier alpha value is -4.31. The van der Waals surface area contributed by atoms with Gasteiger partial charge in [-0.3, -0.25) is 9.78 Å². The average molecular weight is 621 g/mol. The molecule has 1 atom stereocenters. The molecule has 1 aliphatic heterocycles. The molecule has 3 aromatic carbocycles. The highest BCUT2D eigenvalue weighted by atomic mass is 19.4. The standard InChI is InChI=1S/C35H39F3N4O3/c1-5-26(27-11-14-40-30-21-33(45-4)32(44-3)20-28(27)30)23-8-6-7-22(17-23)18-34(43)41-25-9-10-31(29(19-25)35(36,37)38)42-15-12-24(39-2)13-16-42/h6-11,14,17,19-21,24,26,39H,5,12-13,15-16,18H2,1-4H3,(H,41,43). The number of benzene rings is 3. The molecule has 5 rings (SSSR count). The molecule has 7 nitrogen and oxygen atoms in total. The second-order valence-electron chi connectivity index (χ2n) is 11.3. The van der Waals surface area contributed by atoms with E-state index in [4.69, 9.17) is 9.47 Å². The van der Waals surface area contributed by atoms with Crippen LogP contribution in [0.2, 0.25) is 0 Å². The van der Waals surface area contributed by atoms with Gasteiger partial charge in [-0.25, -0.2) is 0 Å². The Morgan fingerprint density at radius 3 is 2.42 bits per heavy atom. The van der Waals surface area contributed by atoms with Crippen LogP contribution in [0.4, 0.5) is 24.5 Å². The normalized spacial score (nSPS) is 14.8. The lowest BCUT2D eigenvalue weighted by molar-refractivity contribution is -0.137. The first-order valence-electron chi connectivity index (χ1n) is 15.2. The summed E-state index contributed by atoms with van der Waals surface area (Å²) in [7, 11) is 5.05. The fourth-order valence-electron chi connectivity index (χ4n) is 6.27. The van der Waals surface area contributed by atoms with Gasteiger partial charge >= 0.3 is 6.18 Å². The summed E-state index contributed by atoms with van der Waals surface area (Å²) >= 11 is 0. The predicted octanol–water partition coefficient (Wildman–Crippen LogP) is 7.18. The van der Waals surface area contributed by atoms with Gasteiger partial charge < -0.3 is 25.0 Å². The molecule has 0 aliphatic carbocycles. The first-order chi connectivity index (χ1) is 21.6. The number of aromatic nitrogens is 1. The molecule has 2 N–H and O–H groups in total. The molecule has 0 saturated carbocycles. The number of pyridine rings is 1. The third-order valence-electron chi connectivity index (χ3n) is 8.61. The summed E-state index contributed by atoms with van der Waals surface area (Å²) in [4.78, 5) is 19.4. The lowest BCUT2D eigenvalue weighted by atomic mass is 9.86. The van der Waals surface area contributed by atoms with E-state index in [9.17, 15) is 18.0 Å². The summed E-state index contributed by atoms with van der Waals surface area (Å²) in [6.45, 7) is 3.17. The molecular weight excluding hydrogens is 581 g/mol. The van der Waals surface area contributed by atoms with Crippen LogP contribution in [0, 0.1) is 0 Å². The summed E-state index contributed by atoms with van der Waals surface area (Å²) in [5, 5.41) is 6.83. The number of carbonyl (C=O) groups is 1. The smallest absolute Gasteiger partial charge is 0.418 e. The van der Waals surface area contributed by atoms with E-state index in [0.717, 1.165) is 52.9 Å². The third kappa shape index (κ3) is 7.17. The second kappa shape index (κ2) is 13.8. The number of carbonyl (C=O) groups excluding carboxylic acids is 1. The van der Waals surface area contributed by atoms with Gasteiger partial charge in [-0.2, -0.15) is 13.2 Å². The Bertz CT molecular complexity index is 1650. The molecule has 10 heteroatoms. The minimum Gasteiger partial charge on any atom is -0.493 e. The molecule has 1 unspecified atom stereocenters. The first-order valence-corrected chi connectivity index (χ1v) is 15.2. The number of alkyl halides is 3. The van der Waals surface area contributed by atoms with Crippen LogP contribution < -0.4 is 25.0 Å². The van der Waals surface area contributed by atoms with E-state index in [0.29, 0.717) is 30.6 Å². The predicted molar refractivity (Wildman–Crippen MR) is 171 cm³/mol. The number of amides is 1. The van der Waals surface area contributed by atoms with Crippen molar-refractivity contribution in [3.8, 4) is 11.5 Å². The molecule has 1 fully saturated rings. The topological polar surface area (TPSA) is 75.7 Å². The van der Waals surface area contributed by atoms with Gasteiger partial charge in [0.15, 0.2) is 11.5 Å². The van der Waals surface area contributed by atoms with Crippen LogP contribution >= 0.6 is 0 Å². The van der Waals surface area contributed by atoms with Gasteiger partial charge in [0, 0.05) is 54.1 Å². The van der Waals surface area contributed by atoms with Crippen molar-refractivity contribution in [2.75, 3.05) is 44.6 Å². The Kier molecular flexibility index (Phi) is 9.82. The Morgan fingerprint density at radius 1 is 1.02 bits per heavy atom. The number of nitrogens with zero attached hydrogens (tertiary/aromatic N) is 2. The summed E-state index contributed by atoms with van der Waals surface area (Å²) in [5.41, 5.74) is 3.17. The Balaban J connectivity index is 1.35. The molecule has 0 bridgehead atoms. The Morgan fingerprint density at radius 2 is 1.76 bits per heavy atom. The zero-order valence-electron chi connectivity index (χ0n) is 26.0.